The summed E-state index contributed by atoms with van der Waals surface area (Å²) in [6.45, 7) is 3.30. The van der Waals surface area contributed by atoms with E-state index in [-0.39, 0.29) is 5.92 Å². The van der Waals surface area contributed by atoms with E-state index in [9.17, 15) is 0 Å². The van der Waals surface area contributed by atoms with E-state index < -0.39 is 0 Å². The smallest absolute Gasteiger partial charge is 0.118 e. The van der Waals surface area contributed by atoms with Crippen LogP contribution in [0, 0.1) is 17.2 Å². The Kier molecular flexibility index (Phi) is 5.30. The minimum absolute atomic E-state index is 0.0469. The molecule has 0 fully saturated rings. The first-order valence-corrected chi connectivity index (χ1v) is 6.32. The standard InChI is InChI=1S/C11H16N2OS/c1-9(5-12)6-13-7-10-3-4-11(14-10)8-15-2/h3-4,9,13H,6-8H2,1-2H3. The van der Waals surface area contributed by atoms with Gasteiger partial charge in [-0.2, -0.15) is 17.0 Å². The third-order valence-electron chi connectivity index (χ3n) is 1.97. The molecule has 15 heavy (non-hydrogen) atoms. The Balaban J connectivity index is 2.29. The van der Waals surface area contributed by atoms with Gasteiger partial charge in [-0.25, -0.2) is 0 Å². The summed E-state index contributed by atoms with van der Waals surface area (Å²) >= 11 is 1.74. The van der Waals surface area contributed by atoms with E-state index in [1.54, 1.807) is 11.8 Å². The third kappa shape index (κ3) is 4.41. The molecule has 3 nitrogen and oxygen atoms in total. The van der Waals surface area contributed by atoms with E-state index in [4.69, 9.17) is 9.68 Å². The predicted molar refractivity (Wildman–Crippen MR) is 62.4 cm³/mol. The minimum Gasteiger partial charge on any atom is -0.464 e. The number of thioether (sulfide) groups is 1. The zero-order valence-electron chi connectivity index (χ0n) is 9.12. The zero-order valence-corrected chi connectivity index (χ0v) is 9.93. The van der Waals surface area contributed by atoms with Gasteiger partial charge in [-0.1, -0.05) is 0 Å². The summed E-state index contributed by atoms with van der Waals surface area (Å²) < 4.78 is 5.57. The third-order valence-corrected chi connectivity index (χ3v) is 2.55. The van der Waals surface area contributed by atoms with E-state index in [0.717, 1.165) is 17.3 Å². The lowest BCUT2D eigenvalue weighted by molar-refractivity contribution is 0.453. The average molecular weight is 224 g/mol. The van der Waals surface area contributed by atoms with Crippen molar-refractivity contribution in [2.24, 2.45) is 5.92 Å². The van der Waals surface area contributed by atoms with E-state index >= 15 is 0 Å². The van der Waals surface area contributed by atoms with Crippen LogP contribution in [0.5, 0.6) is 0 Å². The van der Waals surface area contributed by atoms with Crippen LogP contribution in [0.15, 0.2) is 16.5 Å². The molecule has 0 aliphatic carbocycles. The van der Waals surface area contributed by atoms with E-state index in [0.29, 0.717) is 13.1 Å². The number of nitrogens with one attached hydrogen (secondary N) is 1. The first-order valence-electron chi connectivity index (χ1n) is 4.93. The van der Waals surface area contributed by atoms with Crippen LogP contribution in [-0.4, -0.2) is 12.8 Å². The SMILES string of the molecule is CSCc1ccc(CNCC(C)C#N)o1. The predicted octanol–water partition coefficient (Wildman–Crippen LogP) is 2.39. The van der Waals surface area contributed by atoms with Crippen LogP contribution in [0.1, 0.15) is 18.4 Å². The average Bonchev–Trinajstić information content (AvgIpc) is 2.66. The second-order valence-corrected chi connectivity index (χ2v) is 4.33. The molecule has 0 aliphatic rings. The maximum absolute atomic E-state index is 8.59. The van der Waals surface area contributed by atoms with Crippen molar-refractivity contribution in [3.63, 3.8) is 0 Å². The molecular weight excluding hydrogens is 208 g/mol. The highest BCUT2D eigenvalue weighted by Gasteiger charge is 2.02. The van der Waals surface area contributed by atoms with Gasteiger partial charge in [0.2, 0.25) is 0 Å². The summed E-state index contributed by atoms with van der Waals surface area (Å²) in [6.07, 6.45) is 2.05. The Hall–Kier alpha value is -0.920. The van der Waals surface area contributed by atoms with Crippen LogP contribution in [0.3, 0.4) is 0 Å². The molecule has 0 radical (unpaired) electrons. The van der Waals surface area contributed by atoms with Gasteiger partial charge in [-0.05, 0) is 25.3 Å². The molecule has 0 aliphatic heterocycles. The highest BCUT2D eigenvalue weighted by Crippen LogP contribution is 2.13. The molecule has 1 atom stereocenters. The molecule has 82 valence electrons. The number of nitrogens with zero attached hydrogens (tertiary/aromatic N) is 1. The lowest BCUT2D eigenvalue weighted by atomic mass is 10.2. The van der Waals surface area contributed by atoms with Gasteiger partial charge < -0.3 is 9.73 Å². The Labute approximate surface area is 94.8 Å². The van der Waals surface area contributed by atoms with Crippen molar-refractivity contribution < 1.29 is 4.42 Å². The monoisotopic (exact) mass is 224 g/mol. The molecule has 1 aromatic heterocycles. The fraction of sp³-hybridized carbons (Fsp3) is 0.545. The summed E-state index contributed by atoms with van der Waals surface area (Å²) in [5.41, 5.74) is 0. The molecule has 1 N–H and O–H groups in total. The van der Waals surface area contributed by atoms with Gasteiger partial charge in [-0.15, -0.1) is 0 Å². The number of rotatable bonds is 6. The first kappa shape index (κ1) is 12.2. The second kappa shape index (κ2) is 6.54. The van der Waals surface area contributed by atoms with Crippen molar-refractivity contribution in [3.05, 3.63) is 23.7 Å². The van der Waals surface area contributed by atoms with Crippen molar-refractivity contribution in [2.45, 2.75) is 19.2 Å². The lowest BCUT2D eigenvalue weighted by Gasteiger charge is -2.03. The van der Waals surface area contributed by atoms with Crippen LogP contribution in [0.4, 0.5) is 0 Å². The Morgan fingerprint density at radius 2 is 2.27 bits per heavy atom. The Bertz CT molecular complexity index is 330. The van der Waals surface area contributed by atoms with Gasteiger partial charge in [-0.3, -0.25) is 0 Å². The van der Waals surface area contributed by atoms with Gasteiger partial charge in [0.05, 0.1) is 24.3 Å². The minimum atomic E-state index is 0.0469. The van der Waals surface area contributed by atoms with E-state index in [2.05, 4.69) is 17.6 Å². The Morgan fingerprint density at radius 1 is 1.53 bits per heavy atom. The molecule has 0 spiro atoms. The molecule has 1 aromatic rings. The second-order valence-electron chi connectivity index (χ2n) is 3.46. The zero-order chi connectivity index (χ0) is 11.1. The molecule has 0 saturated heterocycles. The van der Waals surface area contributed by atoms with Gasteiger partial charge in [0, 0.05) is 6.54 Å². The van der Waals surface area contributed by atoms with Gasteiger partial charge >= 0.3 is 0 Å². The quantitative estimate of drug-likeness (QED) is 0.806. The van der Waals surface area contributed by atoms with Crippen molar-refractivity contribution in [1.82, 2.24) is 5.32 Å². The number of furan rings is 1. The van der Waals surface area contributed by atoms with Crippen LogP contribution in [-0.2, 0) is 12.3 Å². The highest BCUT2D eigenvalue weighted by atomic mass is 32.2. The van der Waals surface area contributed by atoms with Crippen LogP contribution in [0.2, 0.25) is 0 Å². The highest BCUT2D eigenvalue weighted by molar-refractivity contribution is 7.97. The molecule has 0 amide bonds. The fourth-order valence-corrected chi connectivity index (χ4v) is 1.63. The van der Waals surface area contributed by atoms with Gasteiger partial charge in [0.15, 0.2) is 0 Å². The number of hydrogen-bond donors (Lipinski definition) is 1. The maximum Gasteiger partial charge on any atom is 0.118 e. The van der Waals surface area contributed by atoms with Crippen molar-refractivity contribution >= 4 is 11.8 Å². The lowest BCUT2D eigenvalue weighted by Crippen LogP contribution is -2.19. The van der Waals surface area contributed by atoms with Crippen LogP contribution in [0.25, 0.3) is 0 Å². The molecule has 1 heterocycles. The largest absolute Gasteiger partial charge is 0.464 e. The summed E-state index contributed by atoms with van der Waals surface area (Å²) in [5.74, 6) is 2.90. The van der Waals surface area contributed by atoms with Gasteiger partial charge in [0.1, 0.15) is 11.5 Å². The molecule has 0 aromatic carbocycles. The summed E-state index contributed by atoms with van der Waals surface area (Å²) in [6, 6.07) is 6.16. The first-order chi connectivity index (χ1) is 7.26. The Morgan fingerprint density at radius 3 is 2.93 bits per heavy atom. The van der Waals surface area contributed by atoms with E-state index in [1.807, 2.05) is 19.1 Å². The normalized spacial score (nSPS) is 12.3. The summed E-state index contributed by atoms with van der Waals surface area (Å²) in [7, 11) is 0. The summed E-state index contributed by atoms with van der Waals surface area (Å²) in [5, 5.41) is 11.8. The van der Waals surface area contributed by atoms with Crippen LogP contribution < -0.4 is 5.32 Å². The van der Waals surface area contributed by atoms with Crippen molar-refractivity contribution in [1.29, 1.82) is 5.26 Å². The number of hydrogen-bond acceptors (Lipinski definition) is 4. The topological polar surface area (TPSA) is 49.0 Å². The molecule has 0 saturated carbocycles. The molecular formula is C11H16N2OS. The summed E-state index contributed by atoms with van der Waals surface area (Å²) in [4.78, 5) is 0. The number of nitriles is 1. The van der Waals surface area contributed by atoms with Crippen molar-refractivity contribution in [2.75, 3.05) is 12.8 Å². The maximum atomic E-state index is 8.59. The molecule has 1 unspecified atom stereocenters. The van der Waals surface area contributed by atoms with Crippen molar-refractivity contribution in [3.8, 4) is 6.07 Å². The van der Waals surface area contributed by atoms with Crippen LogP contribution >= 0.6 is 11.8 Å². The fourth-order valence-electron chi connectivity index (χ4n) is 1.19. The van der Waals surface area contributed by atoms with Gasteiger partial charge in [0.25, 0.3) is 0 Å². The molecule has 0 bridgehead atoms. The van der Waals surface area contributed by atoms with E-state index in [1.165, 1.54) is 0 Å². The molecule has 4 heteroatoms. The molecule has 1 rings (SSSR count).